The van der Waals surface area contributed by atoms with Crippen molar-refractivity contribution in [2.75, 3.05) is 18.9 Å². The van der Waals surface area contributed by atoms with Gasteiger partial charge in [-0.15, -0.1) is 0 Å². The second-order valence-corrected chi connectivity index (χ2v) is 7.81. The van der Waals surface area contributed by atoms with E-state index in [4.69, 9.17) is 0 Å². The quantitative estimate of drug-likeness (QED) is 0.667. The molecule has 0 spiro atoms. The Hall–Kier alpha value is -3.39. The highest BCUT2D eigenvalue weighted by atomic mass is 19.1. The summed E-state index contributed by atoms with van der Waals surface area (Å²) in [6, 6.07) is 7.73. The number of amides is 1. The zero-order chi connectivity index (χ0) is 21.8. The lowest BCUT2D eigenvalue weighted by molar-refractivity contribution is 0.102. The van der Waals surface area contributed by atoms with Gasteiger partial charge in [0.1, 0.15) is 5.82 Å². The van der Waals surface area contributed by atoms with Crippen molar-refractivity contribution in [1.82, 2.24) is 15.4 Å². The normalized spacial score (nSPS) is 17.7. The monoisotopic (exact) mass is 420 g/mol. The first-order valence-corrected chi connectivity index (χ1v) is 10.3. The summed E-state index contributed by atoms with van der Waals surface area (Å²) in [6.45, 7) is 2.49. The largest absolute Gasteiger partial charge is 0.324 e. The molecule has 0 bridgehead atoms. The van der Waals surface area contributed by atoms with Gasteiger partial charge in [0.05, 0.1) is 23.8 Å². The molecule has 1 unspecified atom stereocenters. The predicted molar refractivity (Wildman–Crippen MR) is 120 cm³/mol. The van der Waals surface area contributed by atoms with E-state index in [2.05, 4.69) is 25.7 Å². The Bertz CT molecular complexity index is 1040. The van der Waals surface area contributed by atoms with Crippen molar-refractivity contribution in [2.45, 2.75) is 31.7 Å². The topological polar surface area (TPSA) is 82.0 Å². The molecule has 160 valence electrons. The number of pyridine rings is 1. The minimum absolute atomic E-state index is 0.279. The van der Waals surface area contributed by atoms with Crippen LogP contribution in [0.15, 0.2) is 58.4 Å². The van der Waals surface area contributed by atoms with Crippen molar-refractivity contribution in [3.05, 3.63) is 71.1 Å². The number of hydrogen-bond donors (Lipinski definition) is 2. The number of aliphatic imine (C=N–C) groups is 2. The second kappa shape index (κ2) is 9.18. The molecule has 1 aliphatic carbocycles. The van der Waals surface area contributed by atoms with E-state index in [1.165, 1.54) is 12.1 Å². The smallest absolute Gasteiger partial charge is 0.257 e. The maximum absolute atomic E-state index is 14.4. The lowest BCUT2D eigenvalue weighted by atomic mass is 10.1. The highest BCUT2D eigenvalue weighted by molar-refractivity contribution is 6.16. The van der Waals surface area contributed by atoms with Gasteiger partial charge in [0.25, 0.3) is 5.91 Å². The Labute approximate surface area is 180 Å². The lowest BCUT2D eigenvalue weighted by Crippen LogP contribution is -2.24. The van der Waals surface area contributed by atoms with Crippen molar-refractivity contribution >= 4 is 24.0 Å². The highest BCUT2D eigenvalue weighted by Crippen LogP contribution is 2.38. The number of benzene rings is 1. The molecule has 31 heavy (non-hydrogen) atoms. The van der Waals surface area contributed by atoms with Gasteiger partial charge in [-0.25, -0.2) is 9.40 Å². The van der Waals surface area contributed by atoms with Crippen LogP contribution in [0.4, 0.5) is 10.1 Å². The third-order valence-corrected chi connectivity index (χ3v) is 5.22. The number of nitrogens with zero attached hydrogens (tertiary/aromatic N) is 4. The maximum atomic E-state index is 14.4. The summed E-state index contributed by atoms with van der Waals surface area (Å²) in [5.74, 6) is -0.116. The second-order valence-electron chi connectivity index (χ2n) is 7.81. The number of hydrogen-bond acceptors (Lipinski definition) is 6. The van der Waals surface area contributed by atoms with Crippen LogP contribution in [0.3, 0.4) is 0 Å². The Morgan fingerprint density at radius 2 is 2.16 bits per heavy atom. The van der Waals surface area contributed by atoms with Crippen molar-refractivity contribution < 1.29 is 9.18 Å². The molecule has 1 saturated carbocycles. The molecule has 1 fully saturated rings. The molecule has 2 aliphatic rings. The summed E-state index contributed by atoms with van der Waals surface area (Å²) < 4.78 is 14.4. The summed E-state index contributed by atoms with van der Waals surface area (Å²) in [7, 11) is 1.92. The first-order valence-electron chi connectivity index (χ1n) is 10.3. The predicted octanol–water partition coefficient (Wildman–Crippen LogP) is 3.84. The molecule has 7 nitrogen and oxygen atoms in total. The summed E-state index contributed by atoms with van der Waals surface area (Å²) in [4.78, 5) is 25.6. The number of carbonyl (C=O) groups excluding carboxylic acids is 1. The standard InChI is InChI=1S/C23H25FN6O/c1-15(25-9-10-26-19-13-28-30(2)14-19)20-11-18(6-7-21(20)24)29-23(31)17-5-8-22(27-12-17)16-3-4-16/h5-13,15-16,28H,3-4,14H2,1-2H3,(H,29,31). The van der Waals surface area contributed by atoms with Gasteiger partial charge in [0.15, 0.2) is 0 Å². The van der Waals surface area contributed by atoms with E-state index in [9.17, 15) is 9.18 Å². The Kier molecular flexibility index (Phi) is 6.18. The Morgan fingerprint density at radius 1 is 1.32 bits per heavy atom. The number of likely N-dealkylation sites (N-methyl/N-ethyl adjacent to an activating group) is 1. The maximum Gasteiger partial charge on any atom is 0.257 e. The van der Waals surface area contributed by atoms with Crippen LogP contribution in [0.1, 0.15) is 53.3 Å². The molecule has 1 aromatic carbocycles. The van der Waals surface area contributed by atoms with Crippen LogP contribution in [-0.2, 0) is 0 Å². The average Bonchev–Trinajstić information content (AvgIpc) is 3.54. The van der Waals surface area contributed by atoms with Crippen molar-refractivity contribution in [2.24, 2.45) is 9.98 Å². The summed E-state index contributed by atoms with van der Waals surface area (Å²) >= 11 is 0. The molecule has 2 N–H and O–H groups in total. The summed E-state index contributed by atoms with van der Waals surface area (Å²) in [5, 5.41) is 4.71. The molecule has 8 heteroatoms. The van der Waals surface area contributed by atoms with Crippen molar-refractivity contribution in [1.29, 1.82) is 0 Å². The molecule has 2 heterocycles. The average molecular weight is 420 g/mol. The van der Waals surface area contributed by atoms with Crippen molar-refractivity contribution in [3.8, 4) is 0 Å². The molecule has 4 rings (SSSR count). The SMILES string of the molecule is CC(N=CC=NC1=CNN(C)C1)c1cc(NC(=O)c2ccc(C3CC3)nc2)ccc1F. The van der Waals surface area contributed by atoms with Gasteiger partial charge in [-0.3, -0.25) is 19.8 Å². The van der Waals surface area contributed by atoms with E-state index in [1.807, 2.05) is 24.3 Å². The first kappa shape index (κ1) is 20.9. The Balaban J connectivity index is 1.39. The van der Waals surface area contributed by atoms with Crippen LogP contribution in [0.2, 0.25) is 0 Å². The Morgan fingerprint density at radius 3 is 2.84 bits per heavy atom. The molecule has 1 amide bonds. The highest BCUT2D eigenvalue weighted by Gasteiger charge is 2.24. The molecular weight excluding hydrogens is 395 g/mol. The van der Waals surface area contributed by atoms with E-state index in [-0.39, 0.29) is 11.7 Å². The molecular formula is C23H25FN6O. The minimum atomic E-state index is -0.429. The van der Waals surface area contributed by atoms with Gasteiger partial charge in [-0.1, -0.05) is 0 Å². The number of nitrogens with one attached hydrogen (secondary N) is 2. The van der Waals surface area contributed by atoms with Crippen LogP contribution in [-0.4, -0.2) is 41.9 Å². The molecule has 2 aromatic rings. The molecule has 1 atom stereocenters. The summed E-state index contributed by atoms with van der Waals surface area (Å²) in [5.41, 5.74) is 6.31. The van der Waals surface area contributed by atoms with E-state index < -0.39 is 6.04 Å². The molecule has 0 saturated heterocycles. The third-order valence-electron chi connectivity index (χ3n) is 5.22. The number of carbonyl (C=O) groups is 1. The number of rotatable bonds is 7. The zero-order valence-corrected chi connectivity index (χ0v) is 17.5. The lowest BCUT2D eigenvalue weighted by Gasteiger charge is -2.11. The molecule has 1 aromatic heterocycles. The van der Waals surface area contributed by atoms with Crippen molar-refractivity contribution in [3.63, 3.8) is 0 Å². The van der Waals surface area contributed by atoms with E-state index in [0.29, 0.717) is 29.3 Å². The van der Waals surface area contributed by atoms with Crippen LogP contribution in [0.5, 0.6) is 0 Å². The van der Waals surface area contributed by atoms with E-state index in [0.717, 1.165) is 24.2 Å². The van der Waals surface area contributed by atoms with Crippen LogP contribution in [0.25, 0.3) is 0 Å². The van der Waals surface area contributed by atoms with Gasteiger partial charge < -0.3 is 10.7 Å². The van der Waals surface area contributed by atoms with Gasteiger partial charge in [-0.2, -0.15) is 0 Å². The van der Waals surface area contributed by atoms with Crippen LogP contribution in [0, 0.1) is 5.82 Å². The van der Waals surface area contributed by atoms with Crippen LogP contribution >= 0.6 is 0 Å². The minimum Gasteiger partial charge on any atom is -0.324 e. The zero-order valence-electron chi connectivity index (χ0n) is 17.5. The fourth-order valence-corrected chi connectivity index (χ4v) is 3.28. The fraction of sp³-hybridized carbons (Fsp3) is 0.304. The van der Waals surface area contributed by atoms with E-state index >= 15 is 0 Å². The van der Waals surface area contributed by atoms with Gasteiger partial charge in [0.2, 0.25) is 0 Å². The van der Waals surface area contributed by atoms with E-state index in [1.54, 1.807) is 37.7 Å². The first-order chi connectivity index (χ1) is 15.0. The number of aromatic nitrogens is 1. The number of halogens is 1. The van der Waals surface area contributed by atoms with Gasteiger partial charge in [0, 0.05) is 54.7 Å². The fourth-order valence-electron chi connectivity index (χ4n) is 3.28. The van der Waals surface area contributed by atoms with Crippen LogP contribution < -0.4 is 10.7 Å². The molecule has 0 radical (unpaired) electrons. The van der Waals surface area contributed by atoms with Gasteiger partial charge in [-0.05, 0) is 50.1 Å². The number of hydrazine groups is 1. The number of anilines is 1. The summed E-state index contributed by atoms with van der Waals surface area (Å²) in [6.07, 6.45) is 8.87. The molecule has 1 aliphatic heterocycles. The third kappa shape index (κ3) is 5.40. The van der Waals surface area contributed by atoms with Gasteiger partial charge >= 0.3 is 0 Å².